The summed E-state index contributed by atoms with van der Waals surface area (Å²) in [5.74, 6) is 0. The molecule has 0 saturated heterocycles. The van der Waals surface area contributed by atoms with Gasteiger partial charge in [-0.2, -0.15) is 13.2 Å². The minimum absolute atomic E-state index is 0.0335. The summed E-state index contributed by atoms with van der Waals surface area (Å²) in [5, 5.41) is 10.7. The summed E-state index contributed by atoms with van der Waals surface area (Å²) in [6.07, 6.45) is -2.75. The summed E-state index contributed by atoms with van der Waals surface area (Å²) in [6.45, 7) is -0.875. The molecule has 0 aromatic rings. The third kappa shape index (κ3) is 2.67. The second-order valence-corrected chi connectivity index (χ2v) is 2.72. The molecule has 0 aromatic heterocycles. The Morgan fingerprint density at radius 1 is 1.45 bits per heavy atom. The van der Waals surface area contributed by atoms with E-state index >= 15 is 0 Å². The van der Waals surface area contributed by atoms with E-state index in [4.69, 9.17) is 5.11 Å². The van der Waals surface area contributed by atoms with Crippen LogP contribution in [0.1, 0.15) is 12.8 Å². The summed E-state index contributed by atoms with van der Waals surface area (Å²) >= 11 is 0. The molecule has 0 radical (unpaired) electrons. The van der Waals surface area contributed by atoms with Crippen LogP contribution in [-0.4, -0.2) is 30.0 Å². The predicted octanol–water partition coefficient (Wildman–Crippen LogP) is 0.662. The summed E-state index contributed by atoms with van der Waals surface area (Å²) in [7, 11) is 0. The molecule has 0 amide bonds. The van der Waals surface area contributed by atoms with E-state index in [1.165, 1.54) is 0 Å². The maximum atomic E-state index is 11.9. The van der Waals surface area contributed by atoms with Crippen molar-refractivity contribution in [2.75, 3.05) is 6.61 Å². The van der Waals surface area contributed by atoms with Crippen LogP contribution in [0.5, 0.6) is 0 Å². The van der Waals surface area contributed by atoms with E-state index in [2.05, 4.69) is 5.32 Å². The fourth-order valence-electron chi connectivity index (χ4n) is 0.785. The van der Waals surface area contributed by atoms with Crippen LogP contribution in [-0.2, 0) is 0 Å². The molecule has 0 heterocycles. The van der Waals surface area contributed by atoms with Gasteiger partial charge in [0, 0.05) is 6.04 Å². The smallest absolute Gasteiger partial charge is 0.394 e. The Balaban J connectivity index is 2.34. The highest BCUT2D eigenvalue weighted by Gasteiger charge is 2.41. The van der Waals surface area contributed by atoms with Gasteiger partial charge in [0.1, 0.15) is 6.04 Å². The number of hydrogen-bond donors (Lipinski definition) is 2. The van der Waals surface area contributed by atoms with Crippen LogP contribution in [0.25, 0.3) is 0 Å². The Morgan fingerprint density at radius 3 is 2.27 bits per heavy atom. The Kier molecular flexibility index (Phi) is 2.39. The highest BCUT2D eigenvalue weighted by molar-refractivity contribution is 4.87. The fraction of sp³-hybridized carbons (Fsp3) is 1.00. The topological polar surface area (TPSA) is 32.3 Å². The lowest BCUT2D eigenvalue weighted by Gasteiger charge is -2.18. The zero-order chi connectivity index (χ0) is 8.48. The number of alkyl halides is 3. The third-order valence-electron chi connectivity index (χ3n) is 1.59. The summed E-state index contributed by atoms with van der Waals surface area (Å²) in [5.41, 5.74) is 0. The van der Waals surface area contributed by atoms with Gasteiger partial charge >= 0.3 is 6.18 Å². The molecule has 2 N–H and O–H groups in total. The molecule has 1 saturated carbocycles. The van der Waals surface area contributed by atoms with Gasteiger partial charge in [-0.25, -0.2) is 0 Å². The van der Waals surface area contributed by atoms with E-state index in [-0.39, 0.29) is 6.04 Å². The van der Waals surface area contributed by atoms with Crippen LogP contribution >= 0.6 is 0 Å². The highest BCUT2D eigenvalue weighted by Crippen LogP contribution is 2.25. The SMILES string of the molecule is OCC(NC1CC1)C(F)(F)F. The lowest BCUT2D eigenvalue weighted by molar-refractivity contribution is -0.164. The number of nitrogens with one attached hydrogen (secondary N) is 1. The van der Waals surface area contributed by atoms with E-state index in [1.807, 2.05) is 0 Å². The van der Waals surface area contributed by atoms with Gasteiger partial charge < -0.3 is 10.4 Å². The first-order valence-electron chi connectivity index (χ1n) is 3.47. The van der Waals surface area contributed by atoms with E-state index in [0.29, 0.717) is 0 Å². The molecule has 0 bridgehead atoms. The minimum Gasteiger partial charge on any atom is -0.394 e. The van der Waals surface area contributed by atoms with Gasteiger partial charge in [0.2, 0.25) is 0 Å². The van der Waals surface area contributed by atoms with Crippen molar-refractivity contribution in [1.29, 1.82) is 0 Å². The molecule has 1 unspecified atom stereocenters. The van der Waals surface area contributed by atoms with Crippen molar-refractivity contribution in [3.05, 3.63) is 0 Å². The molecule has 0 aromatic carbocycles. The number of rotatable bonds is 3. The maximum absolute atomic E-state index is 11.9. The van der Waals surface area contributed by atoms with Crippen molar-refractivity contribution in [3.8, 4) is 0 Å². The molecule has 0 aliphatic heterocycles. The minimum atomic E-state index is -4.32. The molecule has 1 aliphatic rings. The van der Waals surface area contributed by atoms with Crippen molar-refractivity contribution in [3.63, 3.8) is 0 Å². The second kappa shape index (κ2) is 2.98. The van der Waals surface area contributed by atoms with Crippen molar-refractivity contribution in [2.45, 2.75) is 31.1 Å². The van der Waals surface area contributed by atoms with E-state index in [1.54, 1.807) is 0 Å². The molecule has 5 heteroatoms. The number of hydrogen-bond acceptors (Lipinski definition) is 2. The van der Waals surface area contributed by atoms with E-state index < -0.39 is 18.8 Å². The summed E-state index contributed by atoms with van der Waals surface area (Å²) in [4.78, 5) is 0. The Hall–Kier alpha value is -0.290. The van der Waals surface area contributed by atoms with Crippen LogP contribution in [0.2, 0.25) is 0 Å². The third-order valence-corrected chi connectivity index (χ3v) is 1.59. The van der Waals surface area contributed by atoms with Crippen LogP contribution < -0.4 is 5.32 Å². The van der Waals surface area contributed by atoms with E-state index in [0.717, 1.165) is 12.8 Å². The normalized spacial score (nSPS) is 21.8. The molecule has 1 fully saturated rings. The fourth-order valence-corrected chi connectivity index (χ4v) is 0.785. The first-order valence-corrected chi connectivity index (χ1v) is 3.47. The molecule has 1 rings (SSSR count). The first kappa shape index (κ1) is 8.80. The molecule has 66 valence electrons. The molecule has 11 heavy (non-hydrogen) atoms. The number of aliphatic hydroxyl groups excluding tert-OH is 1. The van der Waals surface area contributed by atoms with Crippen LogP contribution in [0.15, 0.2) is 0 Å². The molecular formula is C6H10F3NO. The molecule has 1 atom stereocenters. The molecule has 0 spiro atoms. The molecule has 2 nitrogen and oxygen atoms in total. The zero-order valence-electron chi connectivity index (χ0n) is 5.86. The zero-order valence-corrected chi connectivity index (χ0v) is 5.86. The summed E-state index contributed by atoms with van der Waals surface area (Å²) < 4.78 is 35.7. The standard InChI is InChI=1S/C6H10F3NO/c7-6(8,9)5(3-11)10-4-1-2-4/h4-5,10-11H,1-3H2. The van der Waals surface area contributed by atoms with E-state index in [9.17, 15) is 13.2 Å². The molecule has 1 aliphatic carbocycles. The quantitative estimate of drug-likeness (QED) is 0.650. The predicted molar refractivity (Wildman–Crippen MR) is 33.1 cm³/mol. The van der Waals surface area contributed by atoms with Crippen LogP contribution in [0, 0.1) is 0 Å². The molecular weight excluding hydrogens is 159 g/mol. The number of halogens is 3. The van der Waals surface area contributed by atoms with Gasteiger partial charge in [-0.1, -0.05) is 0 Å². The summed E-state index contributed by atoms with van der Waals surface area (Å²) in [6, 6.07) is -1.77. The van der Waals surface area contributed by atoms with Crippen molar-refractivity contribution >= 4 is 0 Å². The average Bonchev–Trinajstić information content (AvgIpc) is 2.62. The monoisotopic (exact) mass is 169 g/mol. The first-order chi connectivity index (χ1) is 5.04. The van der Waals surface area contributed by atoms with Gasteiger partial charge in [0.05, 0.1) is 6.61 Å². The van der Waals surface area contributed by atoms with Crippen LogP contribution in [0.3, 0.4) is 0 Å². The maximum Gasteiger partial charge on any atom is 0.406 e. The highest BCUT2D eigenvalue weighted by atomic mass is 19.4. The van der Waals surface area contributed by atoms with Crippen LogP contribution in [0.4, 0.5) is 13.2 Å². The van der Waals surface area contributed by atoms with Gasteiger partial charge in [0.25, 0.3) is 0 Å². The lowest BCUT2D eigenvalue weighted by Crippen LogP contribution is -2.45. The van der Waals surface area contributed by atoms with Crippen molar-refractivity contribution in [2.24, 2.45) is 0 Å². The van der Waals surface area contributed by atoms with Crippen molar-refractivity contribution < 1.29 is 18.3 Å². The average molecular weight is 169 g/mol. The number of aliphatic hydroxyl groups is 1. The largest absolute Gasteiger partial charge is 0.406 e. The Bertz CT molecular complexity index is 132. The lowest BCUT2D eigenvalue weighted by atomic mass is 10.3. The van der Waals surface area contributed by atoms with Gasteiger partial charge in [-0.15, -0.1) is 0 Å². The van der Waals surface area contributed by atoms with Gasteiger partial charge in [-0.05, 0) is 12.8 Å². The van der Waals surface area contributed by atoms with Crippen molar-refractivity contribution in [1.82, 2.24) is 5.32 Å². The Morgan fingerprint density at radius 2 is 2.00 bits per heavy atom. The van der Waals surface area contributed by atoms with Gasteiger partial charge in [-0.3, -0.25) is 0 Å². The second-order valence-electron chi connectivity index (χ2n) is 2.72. The Labute approximate surface area is 62.4 Å². The van der Waals surface area contributed by atoms with Gasteiger partial charge in [0.15, 0.2) is 0 Å².